The number of rotatable bonds is 6. The fourth-order valence-corrected chi connectivity index (χ4v) is 2.81. The molecular weight excluding hydrogens is 452 g/mol. The van der Waals surface area contributed by atoms with Crippen LogP contribution in [0, 0.1) is 6.92 Å². The van der Waals surface area contributed by atoms with Gasteiger partial charge in [0.1, 0.15) is 0 Å². The number of esters is 1. The molecule has 0 saturated heterocycles. The molecule has 0 radical (unpaired) electrons. The van der Waals surface area contributed by atoms with Crippen LogP contribution in [0.2, 0.25) is 0 Å². The number of para-hydroxylation sites is 1. The number of methoxy groups -OCH3 is 1. The number of aliphatic carboxylic acids is 1. The summed E-state index contributed by atoms with van der Waals surface area (Å²) in [5, 5.41) is 7.89. The van der Waals surface area contributed by atoms with Gasteiger partial charge in [0.15, 0.2) is 0 Å². The number of anilines is 2. The molecule has 6 nitrogen and oxygen atoms in total. The van der Waals surface area contributed by atoms with Crippen LogP contribution in [0.5, 0.6) is 0 Å². The molecule has 0 aromatic heterocycles. The number of ether oxygens (including phenoxy) is 1. The van der Waals surface area contributed by atoms with Crippen molar-refractivity contribution in [1.82, 2.24) is 0 Å². The topological polar surface area (TPSA) is 70.1 Å². The van der Waals surface area contributed by atoms with Gasteiger partial charge in [0.05, 0.1) is 7.11 Å². The maximum Gasteiger partial charge on any atom is 0.332 e. The van der Waals surface area contributed by atoms with Gasteiger partial charge in [-0.15, -0.1) is 0 Å². The summed E-state index contributed by atoms with van der Waals surface area (Å²) in [4.78, 5) is 24.3. The van der Waals surface area contributed by atoms with Crippen LogP contribution >= 0.6 is 0 Å². The van der Waals surface area contributed by atoms with Gasteiger partial charge in [0.2, 0.25) is 0 Å². The van der Waals surface area contributed by atoms with E-state index in [-0.39, 0.29) is 11.5 Å². The second-order valence-corrected chi connectivity index (χ2v) is 9.02. The molecule has 0 aliphatic heterocycles. The minimum atomic E-state index is -0.935. The van der Waals surface area contributed by atoms with Gasteiger partial charge in [-0.05, 0) is 72.7 Å². The number of aryl methyl sites for hydroxylation is 1. The summed E-state index contributed by atoms with van der Waals surface area (Å²) < 4.78 is 4.27. The number of carbonyl (C=O) groups excluding carboxylic acids is 1. The van der Waals surface area contributed by atoms with E-state index in [0.717, 1.165) is 0 Å². The van der Waals surface area contributed by atoms with Crippen molar-refractivity contribution in [3.63, 3.8) is 0 Å². The van der Waals surface area contributed by atoms with Crippen molar-refractivity contribution in [1.29, 1.82) is 0 Å². The summed E-state index contributed by atoms with van der Waals surface area (Å²) >= 11 is 0. The largest absolute Gasteiger partial charge is 0.478 e. The molecule has 6 heteroatoms. The zero-order chi connectivity index (χ0) is 28.4. The monoisotopic (exact) mass is 498 g/mol. The predicted molar refractivity (Wildman–Crippen MR) is 154 cm³/mol. The first-order valence-electron chi connectivity index (χ1n) is 11.9. The van der Waals surface area contributed by atoms with Gasteiger partial charge in [-0.3, -0.25) is 0 Å². The summed E-state index contributed by atoms with van der Waals surface area (Å²) in [5.74, 6) is -1.28. The maximum absolute atomic E-state index is 10.2. The van der Waals surface area contributed by atoms with E-state index >= 15 is 0 Å². The molecule has 0 bridgehead atoms. The lowest BCUT2D eigenvalue weighted by atomic mass is 10.1. The molecule has 200 valence electrons. The van der Waals surface area contributed by atoms with Gasteiger partial charge < -0.3 is 19.6 Å². The van der Waals surface area contributed by atoms with Gasteiger partial charge in [0.25, 0.3) is 0 Å². The van der Waals surface area contributed by atoms with E-state index in [9.17, 15) is 9.59 Å². The van der Waals surface area contributed by atoms with Gasteiger partial charge in [0, 0.05) is 48.7 Å². The van der Waals surface area contributed by atoms with E-state index < -0.39 is 5.97 Å². The van der Waals surface area contributed by atoms with Crippen LogP contribution in [-0.4, -0.2) is 50.3 Å². The highest BCUT2D eigenvalue weighted by atomic mass is 16.5. The molecule has 0 spiro atoms. The Labute approximate surface area is 218 Å². The Morgan fingerprint density at radius 1 is 0.806 bits per heavy atom. The van der Waals surface area contributed by atoms with Crippen molar-refractivity contribution in [3.05, 3.63) is 84.5 Å². The summed E-state index contributed by atoms with van der Waals surface area (Å²) in [6, 6.07) is 20.1. The molecule has 0 atom stereocenters. The third-order valence-corrected chi connectivity index (χ3v) is 4.62. The third-order valence-electron chi connectivity index (χ3n) is 4.62. The lowest BCUT2D eigenvalue weighted by Gasteiger charge is -2.33. The van der Waals surface area contributed by atoms with Crippen molar-refractivity contribution < 1.29 is 19.4 Å². The average Bonchev–Trinajstić information content (AvgIpc) is 2.81. The van der Waals surface area contributed by atoms with Crippen LogP contribution in [0.15, 0.2) is 78.9 Å². The Morgan fingerprint density at radius 3 is 1.44 bits per heavy atom. The van der Waals surface area contributed by atoms with Gasteiger partial charge in [-0.2, -0.15) is 0 Å². The fourth-order valence-electron chi connectivity index (χ4n) is 2.81. The first-order valence-corrected chi connectivity index (χ1v) is 11.9. The molecule has 2 aromatic carbocycles. The van der Waals surface area contributed by atoms with Gasteiger partial charge >= 0.3 is 11.9 Å². The first kappa shape index (κ1) is 34.6. The number of hydrogen-bond acceptors (Lipinski definition) is 5. The van der Waals surface area contributed by atoms with E-state index in [1.165, 1.54) is 31.0 Å². The number of carboxylic acid groups (broad SMARTS) is 1. The smallest absolute Gasteiger partial charge is 0.332 e. The summed E-state index contributed by atoms with van der Waals surface area (Å²) in [6.45, 7) is 20.6. The Balaban J connectivity index is 0. The highest BCUT2D eigenvalue weighted by Crippen LogP contribution is 2.20. The van der Waals surface area contributed by atoms with Crippen LogP contribution in [0.3, 0.4) is 0 Å². The summed E-state index contributed by atoms with van der Waals surface area (Å²) in [7, 11) is 5.40. The maximum atomic E-state index is 10.2. The predicted octanol–water partition coefficient (Wildman–Crippen LogP) is 6.75. The number of benzene rings is 2. The van der Waals surface area contributed by atoms with Gasteiger partial charge in [-0.1, -0.05) is 49.1 Å². The summed E-state index contributed by atoms with van der Waals surface area (Å²) in [5.41, 5.74) is 4.50. The lowest BCUT2D eigenvalue weighted by Crippen LogP contribution is -2.36. The van der Waals surface area contributed by atoms with E-state index in [2.05, 4.69) is 98.7 Å². The quantitative estimate of drug-likeness (QED) is 0.351. The standard InChI is InChI=1S/C13H21N.C8H11N.C5H8O2.C4H6O2/c1-10(2)14(11(3)4)13-8-6-12(5)7-9-13;1-9(2)8-6-4-3-5-7-8;1-4(2)5(6)7-3;1-3(2)4(5)6/h6-11H,1-5H3;3-7H,1-2H3;1H2,2-3H3;1H2,2H3,(H,5,6). The van der Waals surface area contributed by atoms with E-state index in [0.29, 0.717) is 17.7 Å². The normalized spacial score (nSPS) is 9.33. The fraction of sp³-hybridized carbons (Fsp3) is 0.400. The van der Waals surface area contributed by atoms with Crippen molar-refractivity contribution in [2.75, 3.05) is 31.0 Å². The summed E-state index contributed by atoms with van der Waals surface area (Å²) in [6.07, 6.45) is 0. The molecule has 0 fully saturated rings. The number of nitrogens with zero attached hydrogens (tertiary/aromatic N) is 2. The molecule has 0 saturated carbocycles. The zero-order valence-corrected chi connectivity index (χ0v) is 23.8. The first-order chi connectivity index (χ1) is 16.6. The van der Waals surface area contributed by atoms with Crippen LogP contribution in [-0.2, 0) is 14.3 Å². The van der Waals surface area contributed by atoms with Crippen LogP contribution in [0.1, 0.15) is 47.1 Å². The number of carboxylic acids is 1. The van der Waals surface area contributed by atoms with Gasteiger partial charge in [-0.25, -0.2) is 9.59 Å². The molecule has 0 unspecified atom stereocenters. The van der Waals surface area contributed by atoms with Crippen LogP contribution < -0.4 is 9.80 Å². The molecule has 0 aliphatic rings. The average molecular weight is 499 g/mol. The Morgan fingerprint density at radius 2 is 1.22 bits per heavy atom. The second kappa shape index (κ2) is 18.7. The highest BCUT2D eigenvalue weighted by molar-refractivity contribution is 5.86. The van der Waals surface area contributed by atoms with Crippen LogP contribution in [0.4, 0.5) is 11.4 Å². The van der Waals surface area contributed by atoms with Crippen molar-refractivity contribution in [3.8, 4) is 0 Å². The molecule has 1 N–H and O–H groups in total. The molecular formula is C30H46N2O4. The lowest BCUT2D eigenvalue weighted by molar-refractivity contribution is -0.136. The number of hydrogen-bond donors (Lipinski definition) is 1. The minimum Gasteiger partial charge on any atom is -0.478 e. The Hall–Kier alpha value is -3.54. The molecule has 2 rings (SSSR count). The second-order valence-electron chi connectivity index (χ2n) is 9.02. The molecule has 2 aromatic rings. The minimum absolute atomic E-state index is 0.176. The highest BCUT2D eigenvalue weighted by Gasteiger charge is 2.13. The Kier molecular flexibility index (Phi) is 18.0. The van der Waals surface area contributed by atoms with E-state index in [1.807, 2.05) is 32.3 Å². The van der Waals surface area contributed by atoms with Crippen molar-refractivity contribution in [2.24, 2.45) is 0 Å². The molecule has 0 heterocycles. The van der Waals surface area contributed by atoms with Crippen LogP contribution in [0.25, 0.3) is 0 Å². The number of carbonyl (C=O) groups is 2. The van der Waals surface area contributed by atoms with Crippen molar-refractivity contribution >= 4 is 23.3 Å². The van der Waals surface area contributed by atoms with Crippen molar-refractivity contribution in [2.45, 2.75) is 60.5 Å². The third kappa shape index (κ3) is 16.1. The SMILES string of the molecule is C=C(C)C(=O)O.C=C(C)C(=O)OC.CN(C)c1ccccc1.Cc1ccc(N(C(C)C)C(C)C)cc1. The Bertz CT molecular complexity index is 898. The van der Waals surface area contributed by atoms with E-state index in [4.69, 9.17) is 5.11 Å². The zero-order valence-electron chi connectivity index (χ0n) is 23.8. The molecule has 0 aliphatic carbocycles. The van der Waals surface area contributed by atoms with E-state index in [1.54, 1.807) is 6.92 Å². The molecule has 36 heavy (non-hydrogen) atoms. The molecule has 0 amide bonds.